The first-order chi connectivity index (χ1) is 22.9. The molecule has 1 fully saturated rings. The Kier molecular flexibility index (Phi) is 10.2. The summed E-state index contributed by atoms with van der Waals surface area (Å²) in [6.07, 6.45) is 8.89. The highest BCUT2D eigenvalue weighted by molar-refractivity contribution is 7.47. The second kappa shape index (κ2) is 14.0. The molecule has 1 spiro atoms. The van der Waals surface area contributed by atoms with Crippen LogP contribution < -0.4 is 14.6 Å². The van der Waals surface area contributed by atoms with Crippen molar-refractivity contribution < 1.29 is 33.1 Å². The summed E-state index contributed by atoms with van der Waals surface area (Å²) in [6.45, 7) is 6.72. The third-order valence-electron chi connectivity index (χ3n) is 10.8. The normalized spacial score (nSPS) is 26.6. The van der Waals surface area contributed by atoms with E-state index in [1.165, 1.54) is 5.56 Å². The van der Waals surface area contributed by atoms with Gasteiger partial charge in [0.1, 0.15) is 17.0 Å². The zero-order valence-corrected chi connectivity index (χ0v) is 29.6. The van der Waals surface area contributed by atoms with Crippen LogP contribution in [0.1, 0.15) is 94.0 Å². The van der Waals surface area contributed by atoms with Crippen molar-refractivity contribution in [2.45, 2.75) is 95.4 Å². The zero-order chi connectivity index (χ0) is 34.1. The maximum absolute atomic E-state index is 12.9. The number of phosphoric ester groups is 1. The van der Waals surface area contributed by atoms with Crippen molar-refractivity contribution in [1.29, 1.82) is 0 Å². The molecular weight excluding hydrogens is 651 g/mol. The lowest BCUT2D eigenvalue weighted by Crippen LogP contribution is -2.53. The van der Waals surface area contributed by atoms with Crippen LogP contribution >= 0.6 is 19.4 Å². The van der Waals surface area contributed by atoms with Crippen LogP contribution in [0, 0.1) is 11.8 Å². The first-order valence-corrected chi connectivity index (χ1v) is 19.0. The van der Waals surface area contributed by atoms with Crippen molar-refractivity contribution in [3.05, 3.63) is 82.1 Å². The fraction of sp³-hybridized carbons (Fsp3) is 0.514. The molecule has 0 saturated heterocycles. The van der Waals surface area contributed by atoms with Crippen molar-refractivity contribution in [3.63, 3.8) is 0 Å². The topological polar surface area (TPSA) is 127 Å². The van der Waals surface area contributed by atoms with Gasteiger partial charge in [-0.3, -0.25) is 14.4 Å². The maximum Gasteiger partial charge on any atom is 0.527 e. The van der Waals surface area contributed by atoms with Gasteiger partial charge in [0.2, 0.25) is 0 Å². The number of carboxylic acid groups (broad SMARTS) is 1. The van der Waals surface area contributed by atoms with Crippen LogP contribution in [-0.4, -0.2) is 39.7 Å². The fourth-order valence-corrected chi connectivity index (χ4v) is 9.41. The quantitative estimate of drug-likeness (QED) is 0.159. The zero-order valence-electron chi connectivity index (χ0n) is 27.9. The predicted molar refractivity (Wildman–Crippen MR) is 186 cm³/mol. The van der Waals surface area contributed by atoms with Gasteiger partial charge in [-0.05, 0) is 135 Å². The van der Waals surface area contributed by atoms with E-state index >= 15 is 0 Å². The number of nitrogens with zero attached hydrogens (tertiary/aromatic N) is 1. The molecule has 11 heteroatoms. The van der Waals surface area contributed by atoms with E-state index in [0.29, 0.717) is 48.9 Å². The van der Waals surface area contributed by atoms with E-state index in [4.69, 9.17) is 25.4 Å². The molecule has 0 radical (unpaired) electrons. The van der Waals surface area contributed by atoms with Crippen molar-refractivity contribution in [1.82, 2.24) is 4.98 Å². The second-order valence-corrected chi connectivity index (χ2v) is 15.8. The van der Waals surface area contributed by atoms with E-state index in [1.807, 2.05) is 36.5 Å². The number of pyridine rings is 1. The van der Waals surface area contributed by atoms with Crippen molar-refractivity contribution in [2.24, 2.45) is 11.8 Å². The van der Waals surface area contributed by atoms with Crippen molar-refractivity contribution >= 4 is 31.1 Å². The second-order valence-electron chi connectivity index (χ2n) is 14.0. The number of nitrogens with one attached hydrogen (secondary N) is 1. The minimum Gasteiger partial charge on any atom is -0.493 e. The number of halogens is 1. The number of fused-ring (bicyclic) bond motifs is 3. The number of rotatable bonds is 12. The SMILES string of the molecule is CCOP(=O)(O)Oc1ccc2c(c1)C1(CCC(Nc3cccc(Cl)c3)(C(=O)O)CC1)C(C[C@@H](C)COc1ccnc3c1[C@H](C)CCC3)C2. The number of carbonyl (C=O) groups is 1. The maximum atomic E-state index is 12.9. The molecule has 6 rings (SSSR count). The lowest BCUT2D eigenvalue weighted by atomic mass is 9.59. The van der Waals surface area contributed by atoms with Gasteiger partial charge >= 0.3 is 13.8 Å². The van der Waals surface area contributed by atoms with Gasteiger partial charge < -0.3 is 19.7 Å². The third-order valence-corrected chi connectivity index (χ3v) is 12.0. The standard InChI is InChI=1S/C37H46ClN2O7P/c1-4-46-48(43,44)47-30-12-11-26-20-27(19-24(2)23-45-33-13-18-39-32-10-5-7-25(3)34(32)33)36(31(26)22-30)14-16-37(17-15-36,35(41)42)40-29-9-6-8-28(38)21-29/h6,8-9,11-13,18,21-22,24-25,27,40H,4-5,7,10,14-17,19-20,23H2,1-3H3,(H,41,42)(H,43,44)/t24-,25-,27?,36?,37?/m1/s1. The van der Waals surface area contributed by atoms with Crippen molar-refractivity contribution in [3.8, 4) is 11.5 Å². The number of aryl methyl sites for hydroxylation is 1. The van der Waals surface area contributed by atoms with Gasteiger partial charge in [-0.2, -0.15) is 0 Å². The summed E-state index contributed by atoms with van der Waals surface area (Å²) in [4.78, 5) is 27.7. The van der Waals surface area contributed by atoms with Gasteiger partial charge in [-0.15, -0.1) is 0 Å². The molecule has 1 heterocycles. The number of ether oxygens (including phenoxy) is 1. The molecule has 48 heavy (non-hydrogen) atoms. The van der Waals surface area contributed by atoms with Crippen LogP contribution in [0.2, 0.25) is 5.02 Å². The monoisotopic (exact) mass is 696 g/mol. The Morgan fingerprint density at radius 1 is 1.17 bits per heavy atom. The predicted octanol–water partition coefficient (Wildman–Crippen LogP) is 8.72. The summed E-state index contributed by atoms with van der Waals surface area (Å²) in [5.41, 5.74) is 3.79. The average molecular weight is 697 g/mol. The van der Waals surface area contributed by atoms with E-state index in [9.17, 15) is 19.4 Å². The van der Waals surface area contributed by atoms with Crippen LogP contribution in [0.25, 0.3) is 0 Å². The number of anilines is 1. The van der Waals surface area contributed by atoms with Gasteiger partial charge in [0.05, 0.1) is 13.2 Å². The molecule has 2 aromatic carbocycles. The number of hydrogen-bond donors (Lipinski definition) is 3. The Morgan fingerprint density at radius 2 is 1.96 bits per heavy atom. The van der Waals surface area contributed by atoms with Crippen LogP contribution in [0.15, 0.2) is 54.7 Å². The smallest absolute Gasteiger partial charge is 0.493 e. The van der Waals surface area contributed by atoms with E-state index in [2.05, 4.69) is 24.1 Å². The molecule has 0 bridgehead atoms. The van der Waals surface area contributed by atoms with Gasteiger partial charge in [0.25, 0.3) is 0 Å². The molecule has 9 nitrogen and oxygen atoms in total. The average Bonchev–Trinajstić information content (AvgIpc) is 3.32. The highest BCUT2D eigenvalue weighted by Crippen LogP contribution is 2.57. The fourth-order valence-electron chi connectivity index (χ4n) is 8.46. The number of aliphatic carboxylic acids is 1. The molecule has 3 aromatic rings. The molecule has 0 amide bonds. The molecule has 4 atom stereocenters. The summed E-state index contributed by atoms with van der Waals surface area (Å²) < 4.78 is 29.5. The number of aromatic nitrogens is 1. The van der Waals surface area contributed by atoms with E-state index in [-0.39, 0.29) is 29.6 Å². The van der Waals surface area contributed by atoms with Crippen LogP contribution in [0.4, 0.5) is 5.69 Å². The lowest BCUT2D eigenvalue weighted by Gasteiger charge is -2.47. The molecule has 3 aliphatic carbocycles. The Balaban J connectivity index is 1.26. The largest absolute Gasteiger partial charge is 0.527 e. The van der Waals surface area contributed by atoms with Gasteiger partial charge in [0.15, 0.2) is 0 Å². The summed E-state index contributed by atoms with van der Waals surface area (Å²) in [5.74, 6) is 1.19. The van der Waals surface area contributed by atoms with Crippen LogP contribution in [-0.2, 0) is 32.1 Å². The van der Waals surface area contributed by atoms with E-state index in [0.717, 1.165) is 54.7 Å². The summed E-state index contributed by atoms with van der Waals surface area (Å²) in [6, 6.07) is 14.7. The Labute approximate surface area is 288 Å². The van der Waals surface area contributed by atoms with Crippen LogP contribution in [0.3, 0.4) is 0 Å². The van der Waals surface area contributed by atoms with E-state index in [1.54, 1.807) is 25.1 Å². The molecule has 258 valence electrons. The minimum atomic E-state index is -4.28. The first kappa shape index (κ1) is 34.8. The highest BCUT2D eigenvalue weighted by atomic mass is 35.5. The highest BCUT2D eigenvalue weighted by Gasteiger charge is 2.54. The lowest BCUT2D eigenvalue weighted by molar-refractivity contribution is -0.144. The summed E-state index contributed by atoms with van der Waals surface area (Å²) in [5, 5.41) is 14.4. The first-order valence-electron chi connectivity index (χ1n) is 17.1. The van der Waals surface area contributed by atoms with Gasteiger partial charge in [-0.25, -0.2) is 9.36 Å². The molecule has 3 aliphatic rings. The molecule has 1 aromatic heterocycles. The van der Waals surface area contributed by atoms with Crippen molar-refractivity contribution in [2.75, 3.05) is 18.5 Å². The molecule has 1 saturated carbocycles. The molecular formula is C37H46ClN2O7P. The molecule has 3 N–H and O–H groups in total. The number of phosphoric acid groups is 1. The summed E-state index contributed by atoms with van der Waals surface area (Å²) in [7, 11) is -4.28. The van der Waals surface area contributed by atoms with E-state index < -0.39 is 19.3 Å². The Morgan fingerprint density at radius 3 is 2.69 bits per heavy atom. The van der Waals surface area contributed by atoms with Gasteiger partial charge in [-0.1, -0.05) is 37.6 Å². The molecule has 2 unspecified atom stereocenters. The number of benzene rings is 2. The molecule has 0 aliphatic heterocycles. The Hall–Kier alpha value is -3.10. The minimum absolute atomic E-state index is 0.0444. The Bertz CT molecular complexity index is 1690. The summed E-state index contributed by atoms with van der Waals surface area (Å²) >= 11 is 6.24. The third kappa shape index (κ3) is 7.11. The number of carboxylic acids is 1. The van der Waals surface area contributed by atoms with Gasteiger partial charge in [0, 0.05) is 28.2 Å². The van der Waals surface area contributed by atoms with Crippen LogP contribution in [0.5, 0.6) is 11.5 Å². The number of hydrogen-bond acceptors (Lipinski definition) is 7.